The first kappa shape index (κ1) is 9.53. The van der Waals surface area contributed by atoms with Gasteiger partial charge in [0.2, 0.25) is 0 Å². The molecule has 0 amide bonds. The SMILES string of the molecule is CC1C=CC(CCBr)=C(Br)C1. The molecule has 0 bridgehead atoms. The fourth-order valence-corrected chi connectivity index (χ4v) is 2.44. The Kier molecular flexibility index (Phi) is 3.86. The van der Waals surface area contributed by atoms with E-state index in [9.17, 15) is 0 Å². The van der Waals surface area contributed by atoms with E-state index in [-0.39, 0.29) is 0 Å². The van der Waals surface area contributed by atoms with Crippen LogP contribution in [0.25, 0.3) is 0 Å². The second-order valence-electron chi connectivity index (χ2n) is 2.91. The van der Waals surface area contributed by atoms with Crippen molar-refractivity contribution in [2.75, 3.05) is 5.33 Å². The summed E-state index contributed by atoms with van der Waals surface area (Å²) in [5, 5.41) is 1.05. The average molecular weight is 280 g/mol. The minimum Gasteiger partial charge on any atom is -0.0924 e. The predicted octanol–water partition coefficient (Wildman–Crippen LogP) is 4.02. The Balaban J connectivity index is 2.64. The molecular formula is C9H12Br2. The Morgan fingerprint density at radius 1 is 1.64 bits per heavy atom. The Morgan fingerprint density at radius 2 is 2.36 bits per heavy atom. The molecule has 0 saturated heterocycles. The van der Waals surface area contributed by atoms with Crippen LogP contribution >= 0.6 is 31.9 Å². The van der Waals surface area contributed by atoms with E-state index in [1.54, 1.807) is 0 Å². The third kappa shape index (κ3) is 2.75. The fraction of sp³-hybridized carbons (Fsp3) is 0.556. The van der Waals surface area contributed by atoms with Crippen molar-refractivity contribution in [3.8, 4) is 0 Å². The first-order valence-electron chi connectivity index (χ1n) is 3.85. The molecule has 0 aromatic heterocycles. The zero-order valence-electron chi connectivity index (χ0n) is 6.61. The monoisotopic (exact) mass is 278 g/mol. The molecule has 1 aliphatic carbocycles. The van der Waals surface area contributed by atoms with Crippen molar-refractivity contribution in [1.82, 2.24) is 0 Å². The Labute approximate surface area is 85.0 Å². The first-order valence-corrected chi connectivity index (χ1v) is 5.77. The molecule has 1 aliphatic rings. The van der Waals surface area contributed by atoms with E-state index in [4.69, 9.17) is 0 Å². The average Bonchev–Trinajstić information content (AvgIpc) is 1.95. The second-order valence-corrected chi connectivity index (χ2v) is 4.66. The lowest BCUT2D eigenvalue weighted by molar-refractivity contribution is 0.721. The van der Waals surface area contributed by atoms with Crippen molar-refractivity contribution in [1.29, 1.82) is 0 Å². The highest BCUT2D eigenvalue weighted by molar-refractivity contribution is 9.11. The van der Waals surface area contributed by atoms with Crippen molar-refractivity contribution in [3.63, 3.8) is 0 Å². The van der Waals surface area contributed by atoms with Crippen molar-refractivity contribution >= 4 is 31.9 Å². The summed E-state index contributed by atoms with van der Waals surface area (Å²) in [5.41, 5.74) is 1.44. The van der Waals surface area contributed by atoms with Crippen LogP contribution in [-0.4, -0.2) is 5.33 Å². The van der Waals surface area contributed by atoms with Crippen molar-refractivity contribution < 1.29 is 0 Å². The lowest BCUT2D eigenvalue weighted by atomic mass is 9.97. The number of hydrogen-bond acceptors (Lipinski definition) is 0. The van der Waals surface area contributed by atoms with Crippen molar-refractivity contribution in [2.45, 2.75) is 19.8 Å². The molecule has 0 nitrogen and oxygen atoms in total. The van der Waals surface area contributed by atoms with Gasteiger partial charge in [0.25, 0.3) is 0 Å². The molecule has 11 heavy (non-hydrogen) atoms. The van der Waals surface area contributed by atoms with Gasteiger partial charge in [-0.2, -0.15) is 0 Å². The standard InChI is InChI=1S/C9H12Br2/c1-7-2-3-8(4-5-10)9(11)6-7/h2-3,7H,4-6H2,1H3. The number of halogens is 2. The quantitative estimate of drug-likeness (QED) is 0.670. The molecule has 0 aliphatic heterocycles. The van der Waals surface area contributed by atoms with E-state index in [1.807, 2.05) is 0 Å². The molecule has 0 fully saturated rings. The van der Waals surface area contributed by atoms with Gasteiger partial charge in [-0.3, -0.25) is 0 Å². The van der Waals surface area contributed by atoms with Gasteiger partial charge in [0.05, 0.1) is 0 Å². The fourth-order valence-electron chi connectivity index (χ4n) is 1.17. The van der Waals surface area contributed by atoms with Crippen molar-refractivity contribution in [3.05, 3.63) is 22.2 Å². The van der Waals surface area contributed by atoms with Gasteiger partial charge in [-0.05, 0) is 28.8 Å². The molecule has 0 N–H and O–H groups in total. The molecule has 0 spiro atoms. The van der Waals surface area contributed by atoms with Crippen LogP contribution < -0.4 is 0 Å². The summed E-state index contributed by atoms with van der Waals surface area (Å²) in [4.78, 5) is 0. The van der Waals surface area contributed by atoms with Crippen LogP contribution in [-0.2, 0) is 0 Å². The Hall–Kier alpha value is 0.440. The first-order chi connectivity index (χ1) is 5.24. The maximum Gasteiger partial charge on any atom is 0.00720 e. The number of alkyl halides is 1. The molecule has 0 heterocycles. The van der Waals surface area contributed by atoms with Crippen LogP contribution in [0.5, 0.6) is 0 Å². The molecule has 0 aromatic rings. The van der Waals surface area contributed by atoms with E-state index in [0.717, 1.165) is 11.8 Å². The zero-order chi connectivity index (χ0) is 8.27. The summed E-state index contributed by atoms with van der Waals surface area (Å²) in [6.07, 6.45) is 6.81. The van der Waals surface area contributed by atoms with E-state index >= 15 is 0 Å². The largest absolute Gasteiger partial charge is 0.0924 e. The van der Waals surface area contributed by atoms with Crippen LogP contribution in [0.3, 0.4) is 0 Å². The molecule has 2 heteroatoms. The van der Waals surface area contributed by atoms with E-state index in [2.05, 4.69) is 50.9 Å². The lowest BCUT2D eigenvalue weighted by Gasteiger charge is -2.14. The topological polar surface area (TPSA) is 0 Å². The number of rotatable bonds is 2. The summed E-state index contributed by atoms with van der Waals surface area (Å²) < 4.78 is 1.38. The van der Waals surface area contributed by atoms with Gasteiger partial charge in [-0.15, -0.1) is 0 Å². The van der Waals surface area contributed by atoms with Crippen LogP contribution in [0.15, 0.2) is 22.2 Å². The molecule has 0 radical (unpaired) electrons. The highest BCUT2D eigenvalue weighted by Gasteiger charge is 2.09. The number of hydrogen-bond donors (Lipinski definition) is 0. The second kappa shape index (κ2) is 4.46. The summed E-state index contributed by atoms with van der Waals surface area (Å²) in [5.74, 6) is 0.698. The van der Waals surface area contributed by atoms with E-state index in [1.165, 1.54) is 16.5 Å². The van der Waals surface area contributed by atoms with Gasteiger partial charge in [-0.1, -0.05) is 50.9 Å². The molecule has 0 saturated carbocycles. The Bertz CT molecular complexity index is 192. The van der Waals surface area contributed by atoms with E-state index in [0.29, 0.717) is 5.92 Å². The summed E-state index contributed by atoms with van der Waals surface area (Å²) >= 11 is 7.04. The summed E-state index contributed by atoms with van der Waals surface area (Å²) in [6.45, 7) is 2.24. The molecule has 62 valence electrons. The zero-order valence-corrected chi connectivity index (χ0v) is 9.78. The van der Waals surface area contributed by atoms with Gasteiger partial charge >= 0.3 is 0 Å². The van der Waals surface area contributed by atoms with E-state index < -0.39 is 0 Å². The van der Waals surface area contributed by atoms with Gasteiger partial charge in [0.1, 0.15) is 0 Å². The normalized spacial score (nSPS) is 24.5. The van der Waals surface area contributed by atoms with Crippen LogP contribution in [0, 0.1) is 5.92 Å². The van der Waals surface area contributed by atoms with Gasteiger partial charge in [0.15, 0.2) is 0 Å². The maximum atomic E-state index is 3.60. The third-order valence-electron chi connectivity index (χ3n) is 1.84. The molecule has 1 atom stereocenters. The molecule has 0 aromatic carbocycles. The van der Waals surface area contributed by atoms with Crippen LogP contribution in [0.4, 0.5) is 0 Å². The molecule has 1 unspecified atom stereocenters. The van der Waals surface area contributed by atoms with Gasteiger partial charge < -0.3 is 0 Å². The van der Waals surface area contributed by atoms with Gasteiger partial charge in [0, 0.05) is 5.33 Å². The van der Waals surface area contributed by atoms with Gasteiger partial charge in [-0.25, -0.2) is 0 Å². The van der Waals surface area contributed by atoms with Crippen LogP contribution in [0.1, 0.15) is 19.8 Å². The number of allylic oxidation sites excluding steroid dienone is 4. The summed E-state index contributed by atoms with van der Waals surface area (Å²) in [7, 11) is 0. The maximum absolute atomic E-state index is 3.60. The highest BCUT2D eigenvalue weighted by atomic mass is 79.9. The predicted molar refractivity (Wildman–Crippen MR) is 57.3 cm³/mol. The smallest absolute Gasteiger partial charge is 0.00720 e. The third-order valence-corrected chi connectivity index (χ3v) is 3.07. The Morgan fingerprint density at radius 3 is 2.91 bits per heavy atom. The minimum atomic E-state index is 0.698. The molecule has 1 rings (SSSR count). The minimum absolute atomic E-state index is 0.698. The summed E-state index contributed by atoms with van der Waals surface area (Å²) in [6, 6.07) is 0. The highest BCUT2D eigenvalue weighted by Crippen LogP contribution is 2.29. The lowest BCUT2D eigenvalue weighted by Crippen LogP contribution is -1.98. The van der Waals surface area contributed by atoms with Crippen LogP contribution in [0.2, 0.25) is 0 Å². The molecular weight excluding hydrogens is 268 g/mol. The van der Waals surface area contributed by atoms with Crippen molar-refractivity contribution in [2.24, 2.45) is 5.92 Å².